The molecule has 0 saturated heterocycles. The van der Waals surface area contributed by atoms with Crippen molar-refractivity contribution in [1.82, 2.24) is 5.32 Å². The van der Waals surface area contributed by atoms with Gasteiger partial charge in [0.1, 0.15) is 10.6 Å². The van der Waals surface area contributed by atoms with Gasteiger partial charge in [-0.1, -0.05) is 19.1 Å². The van der Waals surface area contributed by atoms with E-state index in [-0.39, 0.29) is 4.90 Å². The summed E-state index contributed by atoms with van der Waals surface area (Å²) < 4.78 is 33.5. The zero-order chi connectivity index (χ0) is 17.2. The minimum atomic E-state index is -3.71. The molecule has 2 aromatic carbocycles. The van der Waals surface area contributed by atoms with Crippen molar-refractivity contribution in [3.05, 3.63) is 53.1 Å². The van der Waals surface area contributed by atoms with Gasteiger partial charge < -0.3 is 10.1 Å². The fourth-order valence-corrected chi connectivity index (χ4v) is 4.18. The average Bonchev–Trinajstić information content (AvgIpc) is 2.60. The predicted molar refractivity (Wildman–Crippen MR) is 95.0 cm³/mol. The highest BCUT2D eigenvalue weighted by molar-refractivity contribution is 7.92. The fraction of sp³-hybridized carbons (Fsp3) is 0.333. The first-order valence-corrected chi connectivity index (χ1v) is 9.54. The van der Waals surface area contributed by atoms with Crippen LogP contribution in [-0.2, 0) is 29.4 Å². The molecule has 2 aromatic rings. The fourth-order valence-electron chi connectivity index (χ4n) is 2.91. The van der Waals surface area contributed by atoms with Gasteiger partial charge in [0.05, 0.1) is 7.11 Å². The molecular formula is C18H22N2O3S. The molecule has 0 atom stereocenters. The van der Waals surface area contributed by atoms with Gasteiger partial charge in [0.2, 0.25) is 0 Å². The molecule has 2 N–H and O–H groups in total. The summed E-state index contributed by atoms with van der Waals surface area (Å²) in [6.45, 7) is 3.71. The lowest BCUT2D eigenvalue weighted by molar-refractivity contribution is 0.402. The number of rotatable bonds is 5. The molecule has 0 aliphatic carbocycles. The number of hydrogen-bond donors (Lipinski definition) is 2. The van der Waals surface area contributed by atoms with E-state index in [4.69, 9.17) is 4.74 Å². The Morgan fingerprint density at radius 3 is 2.75 bits per heavy atom. The topological polar surface area (TPSA) is 67.4 Å². The lowest BCUT2D eigenvalue weighted by atomic mass is 10.0. The van der Waals surface area contributed by atoms with E-state index < -0.39 is 10.0 Å². The summed E-state index contributed by atoms with van der Waals surface area (Å²) in [7, 11) is -2.23. The van der Waals surface area contributed by atoms with Crippen LogP contribution in [0.1, 0.15) is 23.6 Å². The lowest BCUT2D eigenvalue weighted by Gasteiger charge is -2.19. The molecule has 24 heavy (non-hydrogen) atoms. The van der Waals surface area contributed by atoms with E-state index in [0.717, 1.165) is 37.1 Å². The van der Waals surface area contributed by atoms with Crippen LogP contribution in [0.5, 0.6) is 5.75 Å². The lowest BCUT2D eigenvalue weighted by Crippen LogP contribution is -2.24. The van der Waals surface area contributed by atoms with Gasteiger partial charge in [-0.15, -0.1) is 0 Å². The van der Waals surface area contributed by atoms with Crippen LogP contribution in [0.3, 0.4) is 0 Å². The molecule has 1 aliphatic heterocycles. The van der Waals surface area contributed by atoms with Crippen LogP contribution in [0.4, 0.5) is 5.69 Å². The molecule has 0 saturated carbocycles. The Labute approximate surface area is 143 Å². The summed E-state index contributed by atoms with van der Waals surface area (Å²) in [5, 5.41) is 3.30. The van der Waals surface area contributed by atoms with Crippen LogP contribution in [-0.4, -0.2) is 22.1 Å². The van der Waals surface area contributed by atoms with E-state index in [0.29, 0.717) is 11.4 Å². The van der Waals surface area contributed by atoms with Gasteiger partial charge in [-0.05, 0) is 60.3 Å². The molecule has 6 heteroatoms. The Bertz CT molecular complexity index is 847. The molecular weight excluding hydrogens is 324 g/mol. The Kier molecular flexibility index (Phi) is 4.78. The summed E-state index contributed by atoms with van der Waals surface area (Å²) >= 11 is 0. The third-order valence-electron chi connectivity index (χ3n) is 4.27. The molecule has 1 heterocycles. The number of methoxy groups -OCH3 is 1. The molecule has 0 bridgehead atoms. The molecule has 0 spiro atoms. The number of hydrogen-bond acceptors (Lipinski definition) is 4. The van der Waals surface area contributed by atoms with Crippen molar-refractivity contribution in [2.75, 3.05) is 18.4 Å². The van der Waals surface area contributed by atoms with Gasteiger partial charge in [-0.2, -0.15) is 0 Å². The van der Waals surface area contributed by atoms with Crippen molar-refractivity contribution >= 4 is 15.7 Å². The normalized spacial score (nSPS) is 14.1. The second-order valence-corrected chi connectivity index (χ2v) is 7.51. The minimum Gasteiger partial charge on any atom is -0.495 e. The second-order valence-electron chi connectivity index (χ2n) is 5.85. The zero-order valence-corrected chi connectivity index (χ0v) is 14.7. The minimum absolute atomic E-state index is 0.167. The zero-order valence-electron chi connectivity index (χ0n) is 13.9. The Morgan fingerprint density at radius 1 is 1.17 bits per heavy atom. The van der Waals surface area contributed by atoms with E-state index in [1.165, 1.54) is 12.7 Å². The average molecular weight is 346 g/mol. The molecule has 0 unspecified atom stereocenters. The van der Waals surface area contributed by atoms with Gasteiger partial charge in [-0.25, -0.2) is 8.42 Å². The number of ether oxygens (including phenoxy) is 1. The third kappa shape index (κ3) is 3.39. The van der Waals surface area contributed by atoms with Gasteiger partial charge in [0.25, 0.3) is 10.0 Å². The van der Waals surface area contributed by atoms with Crippen LogP contribution in [0.25, 0.3) is 0 Å². The first kappa shape index (κ1) is 16.8. The molecule has 128 valence electrons. The van der Waals surface area contributed by atoms with Gasteiger partial charge in [0.15, 0.2) is 0 Å². The first-order chi connectivity index (χ1) is 11.5. The second kappa shape index (κ2) is 6.83. The van der Waals surface area contributed by atoms with Gasteiger partial charge in [0, 0.05) is 12.2 Å². The number of benzene rings is 2. The standard InChI is InChI=1S/C18H22N2O3S/c1-3-13-4-7-17(23-2)18(10-13)24(21,22)20-16-6-5-14-8-9-19-12-15(14)11-16/h4-7,10-11,19-20H,3,8-9,12H2,1-2H3. The van der Waals surface area contributed by atoms with E-state index in [9.17, 15) is 8.42 Å². The van der Waals surface area contributed by atoms with Crippen molar-refractivity contribution < 1.29 is 13.2 Å². The molecule has 3 rings (SSSR count). The monoisotopic (exact) mass is 346 g/mol. The quantitative estimate of drug-likeness (QED) is 0.873. The van der Waals surface area contributed by atoms with Crippen molar-refractivity contribution in [2.45, 2.75) is 31.2 Å². The van der Waals surface area contributed by atoms with E-state index >= 15 is 0 Å². The molecule has 0 fully saturated rings. The Morgan fingerprint density at radius 2 is 2.00 bits per heavy atom. The number of aryl methyl sites for hydroxylation is 1. The van der Waals surface area contributed by atoms with Crippen LogP contribution < -0.4 is 14.8 Å². The Balaban J connectivity index is 1.94. The molecule has 5 nitrogen and oxygen atoms in total. The Hall–Kier alpha value is -2.05. The summed E-state index contributed by atoms with van der Waals surface area (Å²) in [5.74, 6) is 0.347. The molecule has 0 radical (unpaired) electrons. The van der Waals surface area contributed by atoms with Crippen LogP contribution in [0.15, 0.2) is 41.3 Å². The third-order valence-corrected chi connectivity index (χ3v) is 5.67. The summed E-state index contributed by atoms with van der Waals surface area (Å²) in [5.41, 5.74) is 3.92. The molecule has 0 aromatic heterocycles. The van der Waals surface area contributed by atoms with Crippen LogP contribution in [0.2, 0.25) is 0 Å². The number of fused-ring (bicyclic) bond motifs is 1. The summed E-state index contributed by atoms with van der Waals surface area (Å²) in [6, 6.07) is 11.0. The summed E-state index contributed by atoms with van der Waals surface area (Å²) in [4.78, 5) is 0.167. The highest BCUT2D eigenvalue weighted by Crippen LogP contribution is 2.28. The van der Waals surface area contributed by atoms with E-state index in [2.05, 4.69) is 10.0 Å². The maximum Gasteiger partial charge on any atom is 0.265 e. The summed E-state index contributed by atoms with van der Waals surface area (Å²) in [6.07, 6.45) is 1.73. The number of anilines is 1. The van der Waals surface area contributed by atoms with Crippen molar-refractivity contribution in [2.24, 2.45) is 0 Å². The van der Waals surface area contributed by atoms with Crippen LogP contribution in [0, 0.1) is 0 Å². The number of sulfonamides is 1. The van der Waals surface area contributed by atoms with E-state index in [1.807, 2.05) is 31.2 Å². The van der Waals surface area contributed by atoms with Crippen molar-refractivity contribution in [3.8, 4) is 5.75 Å². The highest BCUT2D eigenvalue weighted by Gasteiger charge is 2.21. The number of nitrogens with one attached hydrogen (secondary N) is 2. The van der Waals surface area contributed by atoms with Crippen molar-refractivity contribution in [3.63, 3.8) is 0 Å². The SMILES string of the molecule is CCc1ccc(OC)c(S(=O)(=O)Nc2ccc3c(c2)CNCC3)c1. The maximum atomic E-state index is 12.8. The largest absolute Gasteiger partial charge is 0.495 e. The molecule has 1 aliphatic rings. The molecule has 0 amide bonds. The van der Waals surface area contributed by atoms with Gasteiger partial charge in [-0.3, -0.25) is 4.72 Å². The first-order valence-electron chi connectivity index (χ1n) is 8.05. The van der Waals surface area contributed by atoms with Crippen molar-refractivity contribution in [1.29, 1.82) is 0 Å². The van der Waals surface area contributed by atoms with Crippen LogP contribution >= 0.6 is 0 Å². The predicted octanol–water partition coefficient (Wildman–Crippen LogP) is 2.70. The smallest absolute Gasteiger partial charge is 0.265 e. The highest BCUT2D eigenvalue weighted by atomic mass is 32.2. The maximum absolute atomic E-state index is 12.8. The van der Waals surface area contributed by atoms with E-state index in [1.54, 1.807) is 12.1 Å². The van der Waals surface area contributed by atoms with Gasteiger partial charge >= 0.3 is 0 Å².